The Bertz CT molecular complexity index is 673. The number of carbonyl (C=O) groups is 1. The van der Waals surface area contributed by atoms with Crippen LogP contribution in [0.3, 0.4) is 0 Å². The zero-order valence-corrected chi connectivity index (χ0v) is 14.7. The van der Waals surface area contributed by atoms with Gasteiger partial charge in [-0.15, -0.1) is 0 Å². The van der Waals surface area contributed by atoms with Crippen molar-refractivity contribution >= 4 is 21.6 Å². The summed E-state index contributed by atoms with van der Waals surface area (Å²) >= 11 is 0. The van der Waals surface area contributed by atoms with Crippen molar-refractivity contribution in [3.05, 3.63) is 23.8 Å². The number of nitrogens with one attached hydrogen (secondary N) is 2. The highest BCUT2D eigenvalue weighted by Gasteiger charge is 2.21. The first-order valence-corrected chi connectivity index (χ1v) is 9.36. The van der Waals surface area contributed by atoms with Crippen LogP contribution in [0.25, 0.3) is 0 Å². The highest BCUT2D eigenvalue weighted by atomic mass is 32.2. The number of hydrogen-bond acceptors (Lipinski definition) is 4. The number of carbonyl (C=O) groups excluding carboxylic acids is 1. The number of amides is 1. The average Bonchev–Trinajstić information content (AvgIpc) is 2.86. The van der Waals surface area contributed by atoms with Crippen LogP contribution in [0.4, 0.5) is 5.69 Å². The average molecular weight is 339 g/mol. The van der Waals surface area contributed by atoms with E-state index in [2.05, 4.69) is 22.0 Å². The molecule has 1 aliphatic rings. The van der Waals surface area contributed by atoms with Crippen molar-refractivity contribution in [3.8, 4) is 0 Å². The number of rotatable bonds is 6. The molecule has 1 saturated heterocycles. The highest BCUT2D eigenvalue weighted by molar-refractivity contribution is 7.89. The van der Waals surface area contributed by atoms with Gasteiger partial charge in [-0.25, -0.2) is 13.1 Å². The van der Waals surface area contributed by atoms with Gasteiger partial charge in [-0.3, -0.25) is 4.79 Å². The van der Waals surface area contributed by atoms with Crippen LogP contribution in [0.1, 0.15) is 31.7 Å². The summed E-state index contributed by atoms with van der Waals surface area (Å²) in [6.07, 6.45) is 3.12. The van der Waals surface area contributed by atoms with Gasteiger partial charge in [-0.1, -0.05) is 0 Å². The maximum Gasteiger partial charge on any atom is 0.240 e. The van der Waals surface area contributed by atoms with Crippen LogP contribution in [0.2, 0.25) is 0 Å². The van der Waals surface area contributed by atoms with Crippen LogP contribution < -0.4 is 10.0 Å². The largest absolute Gasteiger partial charge is 0.326 e. The molecule has 0 aliphatic carbocycles. The molecule has 0 aromatic heterocycles. The van der Waals surface area contributed by atoms with Crippen LogP contribution in [0.5, 0.6) is 0 Å². The maximum atomic E-state index is 12.4. The molecule has 2 rings (SSSR count). The summed E-state index contributed by atoms with van der Waals surface area (Å²) in [6, 6.07) is 5.18. The Labute approximate surface area is 138 Å². The molecule has 7 heteroatoms. The second-order valence-corrected chi connectivity index (χ2v) is 7.89. The molecule has 1 fully saturated rings. The molecule has 1 atom stereocenters. The fourth-order valence-electron chi connectivity index (χ4n) is 2.92. The van der Waals surface area contributed by atoms with Gasteiger partial charge in [0.1, 0.15) is 0 Å². The molecule has 0 radical (unpaired) electrons. The third kappa shape index (κ3) is 4.76. The van der Waals surface area contributed by atoms with E-state index in [-0.39, 0.29) is 10.8 Å². The van der Waals surface area contributed by atoms with Gasteiger partial charge in [0, 0.05) is 25.2 Å². The molecule has 1 aromatic carbocycles. The van der Waals surface area contributed by atoms with Gasteiger partial charge in [-0.05, 0) is 63.5 Å². The second-order valence-electron chi connectivity index (χ2n) is 6.12. The minimum absolute atomic E-state index is 0.178. The fraction of sp³-hybridized carbons (Fsp3) is 0.562. The van der Waals surface area contributed by atoms with Crippen molar-refractivity contribution in [3.63, 3.8) is 0 Å². The van der Waals surface area contributed by atoms with Crippen LogP contribution in [0, 0.1) is 6.92 Å². The molecule has 1 heterocycles. The van der Waals surface area contributed by atoms with Crippen molar-refractivity contribution in [1.29, 1.82) is 0 Å². The number of nitrogens with zero attached hydrogens (tertiary/aromatic N) is 1. The number of aryl methyl sites for hydroxylation is 1. The lowest BCUT2D eigenvalue weighted by Gasteiger charge is -2.19. The van der Waals surface area contributed by atoms with Gasteiger partial charge in [0.15, 0.2) is 0 Å². The Morgan fingerprint density at radius 3 is 2.70 bits per heavy atom. The van der Waals surface area contributed by atoms with Crippen LogP contribution >= 0.6 is 0 Å². The number of sulfonamides is 1. The predicted molar refractivity (Wildman–Crippen MR) is 90.9 cm³/mol. The number of anilines is 1. The van der Waals surface area contributed by atoms with E-state index in [9.17, 15) is 13.2 Å². The molecule has 1 aliphatic heterocycles. The quantitative estimate of drug-likeness (QED) is 0.827. The zero-order valence-electron chi connectivity index (χ0n) is 13.9. The number of benzene rings is 1. The van der Waals surface area contributed by atoms with E-state index in [1.807, 2.05) is 0 Å². The van der Waals surface area contributed by atoms with Crippen LogP contribution in [-0.2, 0) is 14.8 Å². The Kier molecular flexibility index (Phi) is 5.78. The van der Waals surface area contributed by atoms with Crippen molar-refractivity contribution in [1.82, 2.24) is 9.62 Å². The lowest BCUT2D eigenvalue weighted by molar-refractivity contribution is -0.114. The monoisotopic (exact) mass is 339 g/mol. The molecule has 1 aromatic rings. The molecular formula is C16H25N3O3S. The summed E-state index contributed by atoms with van der Waals surface area (Å²) in [7, 11) is -1.44. The Morgan fingerprint density at radius 2 is 2.13 bits per heavy atom. The van der Waals surface area contributed by atoms with Crippen molar-refractivity contribution in [2.45, 2.75) is 44.0 Å². The molecule has 1 unspecified atom stereocenters. The normalized spacial score (nSPS) is 19.0. The standard InChI is InChI=1S/C16H25N3O3S/c1-12-11-15(6-7-16(12)18-13(2)20)23(21,22)17-9-8-14-5-4-10-19(14)3/h6-7,11,14,17H,4-5,8-10H2,1-3H3,(H,18,20). The molecular weight excluding hydrogens is 314 g/mol. The lowest BCUT2D eigenvalue weighted by Crippen LogP contribution is -2.31. The summed E-state index contributed by atoms with van der Waals surface area (Å²) in [5, 5.41) is 2.68. The van der Waals surface area contributed by atoms with E-state index >= 15 is 0 Å². The summed E-state index contributed by atoms with van der Waals surface area (Å²) in [5.74, 6) is -0.178. The van der Waals surface area contributed by atoms with E-state index in [1.165, 1.54) is 19.4 Å². The first-order chi connectivity index (χ1) is 10.8. The lowest BCUT2D eigenvalue weighted by atomic mass is 10.1. The minimum Gasteiger partial charge on any atom is -0.326 e. The predicted octanol–water partition coefficient (Wildman–Crippen LogP) is 1.72. The number of likely N-dealkylation sites (tertiary alicyclic amines) is 1. The van der Waals surface area contributed by atoms with Gasteiger partial charge in [0.25, 0.3) is 0 Å². The van der Waals surface area contributed by atoms with Crippen LogP contribution in [-0.4, -0.2) is 45.4 Å². The zero-order chi connectivity index (χ0) is 17.0. The number of hydrogen-bond donors (Lipinski definition) is 2. The minimum atomic E-state index is -3.52. The van der Waals surface area contributed by atoms with Gasteiger partial charge in [-0.2, -0.15) is 0 Å². The second kappa shape index (κ2) is 7.42. The van der Waals surface area contributed by atoms with E-state index in [0.717, 1.165) is 24.9 Å². The summed E-state index contributed by atoms with van der Waals surface area (Å²) < 4.78 is 27.4. The van der Waals surface area contributed by atoms with Crippen molar-refractivity contribution < 1.29 is 13.2 Å². The summed E-state index contributed by atoms with van der Waals surface area (Å²) in [4.78, 5) is 13.6. The molecule has 0 saturated carbocycles. The Morgan fingerprint density at radius 1 is 1.39 bits per heavy atom. The van der Waals surface area contributed by atoms with Gasteiger partial charge >= 0.3 is 0 Å². The topological polar surface area (TPSA) is 78.5 Å². The highest BCUT2D eigenvalue weighted by Crippen LogP contribution is 2.20. The van der Waals surface area contributed by atoms with Gasteiger partial charge in [0.2, 0.25) is 15.9 Å². The SMILES string of the molecule is CC(=O)Nc1ccc(S(=O)(=O)NCCC2CCCN2C)cc1C. The first-order valence-electron chi connectivity index (χ1n) is 7.88. The first kappa shape index (κ1) is 17.9. The van der Waals surface area contributed by atoms with E-state index in [0.29, 0.717) is 18.3 Å². The molecule has 1 amide bonds. The fourth-order valence-corrected chi connectivity index (χ4v) is 4.05. The van der Waals surface area contributed by atoms with Crippen molar-refractivity contribution in [2.75, 3.05) is 25.5 Å². The van der Waals surface area contributed by atoms with Crippen LogP contribution in [0.15, 0.2) is 23.1 Å². The maximum absolute atomic E-state index is 12.4. The molecule has 2 N–H and O–H groups in total. The molecule has 0 spiro atoms. The Balaban J connectivity index is 1.98. The Hall–Kier alpha value is -1.44. The van der Waals surface area contributed by atoms with E-state index in [1.54, 1.807) is 19.1 Å². The third-order valence-corrected chi connectivity index (χ3v) is 5.72. The molecule has 128 valence electrons. The van der Waals surface area contributed by atoms with Crippen molar-refractivity contribution in [2.24, 2.45) is 0 Å². The van der Waals surface area contributed by atoms with E-state index < -0.39 is 10.0 Å². The summed E-state index contributed by atoms with van der Waals surface area (Å²) in [5.41, 5.74) is 1.35. The molecule has 6 nitrogen and oxygen atoms in total. The van der Waals surface area contributed by atoms with E-state index in [4.69, 9.17) is 0 Å². The third-order valence-electron chi connectivity index (χ3n) is 4.26. The summed E-state index contributed by atoms with van der Waals surface area (Å²) in [6.45, 7) is 4.72. The molecule has 23 heavy (non-hydrogen) atoms. The van der Waals surface area contributed by atoms with Gasteiger partial charge < -0.3 is 10.2 Å². The smallest absolute Gasteiger partial charge is 0.240 e. The molecule has 0 bridgehead atoms. The van der Waals surface area contributed by atoms with Gasteiger partial charge in [0.05, 0.1) is 4.90 Å².